The van der Waals surface area contributed by atoms with Gasteiger partial charge in [0.15, 0.2) is 23.0 Å². The summed E-state index contributed by atoms with van der Waals surface area (Å²) in [6.45, 7) is 6.59. The van der Waals surface area contributed by atoms with Crippen LogP contribution in [0.5, 0.6) is 63.2 Å². The number of phenolic OH excluding ortho intramolecular Hbond substituents is 9. The van der Waals surface area contributed by atoms with Gasteiger partial charge in [-0.25, -0.2) is 0 Å². The fourth-order valence-electron chi connectivity index (χ4n) is 8.46. The molecule has 13 nitrogen and oxygen atoms in total. The second-order valence-electron chi connectivity index (χ2n) is 14.3. The SMILES string of the molecule is CC(C)c1c(O)c2c(=O)c3c(O)cc(O)c4c3c3c2c(c1O)c1c(O)c(C(C)C)c(O)c2c(=O)c5c(O)cc(O)c(c5c3c21)OC(c1ccc(O)cc1)O4. The molecular formula is C41H30O13. The van der Waals surface area contributed by atoms with Crippen molar-refractivity contribution >= 4 is 64.6 Å². The van der Waals surface area contributed by atoms with Crippen molar-refractivity contribution in [2.75, 3.05) is 0 Å². The zero-order chi connectivity index (χ0) is 38.6. The zero-order valence-electron chi connectivity index (χ0n) is 28.9. The van der Waals surface area contributed by atoms with Crippen molar-refractivity contribution in [3.05, 3.63) is 73.5 Å². The lowest BCUT2D eigenvalue weighted by molar-refractivity contribution is 0.00277. The van der Waals surface area contributed by atoms with Crippen LogP contribution in [0.4, 0.5) is 0 Å². The molecule has 0 atom stereocenters. The van der Waals surface area contributed by atoms with Crippen LogP contribution < -0.4 is 20.3 Å². The number of benzene rings is 8. The van der Waals surface area contributed by atoms with E-state index in [2.05, 4.69) is 0 Å². The van der Waals surface area contributed by atoms with Gasteiger partial charge in [-0.2, -0.15) is 0 Å². The van der Waals surface area contributed by atoms with Crippen molar-refractivity contribution in [3.63, 3.8) is 0 Å². The molecule has 54 heavy (non-hydrogen) atoms. The summed E-state index contributed by atoms with van der Waals surface area (Å²) in [4.78, 5) is 29.6. The van der Waals surface area contributed by atoms with Gasteiger partial charge in [0.05, 0.1) is 21.5 Å². The Morgan fingerprint density at radius 2 is 0.796 bits per heavy atom. The summed E-state index contributed by atoms with van der Waals surface area (Å²) in [5.41, 5.74) is -1.90. The van der Waals surface area contributed by atoms with E-state index in [1.54, 1.807) is 27.7 Å². The molecule has 13 heteroatoms. The Morgan fingerprint density at radius 3 is 1.17 bits per heavy atom. The third-order valence-electron chi connectivity index (χ3n) is 10.6. The predicted octanol–water partition coefficient (Wildman–Crippen LogP) is 7.27. The van der Waals surface area contributed by atoms with Crippen molar-refractivity contribution in [1.82, 2.24) is 0 Å². The molecule has 0 spiro atoms. The molecule has 0 radical (unpaired) electrons. The van der Waals surface area contributed by atoms with Crippen LogP contribution in [0.2, 0.25) is 0 Å². The van der Waals surface area contributed by atoms with Gasteiger partial charge in [-0.15, -0.1) is 0 Å². The van der Waals surface area contributed by atoms with E-state index in [1.807, 2.05) is 0 Å². The van der Waals surface area contributed by atoms with Gasteiger partial charge in [0.25, 0.3) is 6.29 Å². The van der Waals surface area contributed by atoms with E-state index in [0.717, 1.165) is 12.1 Å². The molecule has 1 heterocycles. The monoisotopic (exact) mass is 730 g/mol. The Balaban J connectivity index is 1.77. The molecule has 8 aromatic rings. The summed E-state index contributed by atoms with van der Waals surface area (Å²) in [5.74, 6) is -7.59. The molecule has 0 fully saturated rings. The molecule has 0 saturated heterocycles. The van der Waals surface area contributed by atoms with Crippen LogP contribution in [-0.2, 0) is 0 Å². The topological polar surface area (TPSA) is 235 Å². The lowest BCUT2D eigenvalue weighted by Gasteiger charge is -2.25. The first-order valence-electron chi connectivity index (χ1n) is 17.0. The second-order valence-corrected chi connectivity index (χ2v) is 14.3. The Kier molecular flexibility index (Phi) is 6.41. The minimum Gasteiger partial charge on any atom is -0.508 e. The van der Waals surface area contributed by atoms with Gasteiger partial charge in [-0.1, -0.05) is 27.7 Å². The van der Waals surface area contributed by atoms with Crippen LogP contribution in [0.3, 0.4) is 0 Å². The summed E-state index contributed by atoms with van der Waals surface area (Å²) >= 11 is 0. The first-order chi connectivity index (χ1) is 25.6. The highest BCUT2D eigenvalue weighted by Crippen LogP contribution is 2.60. The average Bonchev–Trinajstić information content (AvgIpc) is 3.15. The fraction of sp³-hybridized carbons (Fsp3) is 0.171. The lowest BCUT2D eigenvalue weighted by Crippen LogP contribution is -2.16. The highest BCUT2D eigenvalue weighted by molar-refractivity contribution is 6.46. The van der Waals surface area contributed by atoms with Gasteiger partial charge < -0.3 is 55.4 Å². The zero-order valence-corrected chi connectivity index (χ0v) is 28.9. The van der Waals surface area contributed by atoms with Crippen LogP contribution in [0.1, 0.15) is 62.5 Å². The summed E-state index contributed by atoms with van der Waals surface area (Å²) in [5, 5.41) is 101. The molecule has 1 aliphatic rings. The number of aromatic hydroxyl groups is 9. The average molecular weight is 731 g/mol. The molecule has 0 amide bonds. The summed E-state index contributed by atoms with van der Waals surface area (Å²) < 4.78 is 12.7. The van der Waals surface area contributed by atoms with Crippen molar-refractivity contribution in [2.45, 2.75) is 45.8 Å². The van der Waals surface area contributed by atoms with Gasteiger partial charge >= 0.3 is 0 Å². The van der Waals surface area contributed by atoms with Crippen LogP contribution in [-0.4, -0.2) is 46.0 Å². The molecule has 9 N–H and O–H groups in total. The number of fused-ring (bicyclic) bond motifs is 1. The van der Waals surface area contributed by atoms with E-state index < -0.39 is 108 Å². The molecule has 0 saturated carbocycles. The van der Waals surface area contributed by atoms with Crippen LogP contribution in [0.15, 0.2) is 46.0 Å². The van der Waals surface area contributed by atoms with E-state index in [4.69, 9.17) is 9.47 Å². The third kappa shape index (κ3) is 3.82. The van der Waals surface area contributed by atoms with E-state index in [9.17, 15) is 55.5 Å². The molecule has 0 unspecified atom stereocenters. The number of hydrogen-bond acceptors (Lipinski definition) is 13. The van der Waals surface area contributed by atoms with E-state index >= 15 is 0 Å². The number of hydrogen-bond donors (Lipinski definition) is 9. The molecule has 0 aliphatic carbocycles. The maximum atomic E-state index is 14.8. The molecule has 9 rings (SSSR count). The second kappa shape index (κ2) is 10.5. The van der Waals surface area contributed by atoms with Gasteiger partial charge in [0, 0.05) is 71.9 Å². The Labute approximate surface area is 302 Å². The fourth-order valence-corrected chi connectivity index (χ4v) is 8.46. The smallest absolute Gasteiger partial charge is 0.268 e. The van der Waals surface area contributed by atoms with Crippen molar-refractivity contribution < 1.29 is 55.4 Å². The summed E-state index contributed by atoms with van der Waals surface area (Å²) in [6, 6.07) is 7.15. The summed E-state index contributed by atoms with van der Waals surface area (Å²) in [7, 11) is 0. The standard InChI is InChI=1S/C41H30O13/c1-11(2)19-33(47)27-25-23-24-26-28(27)34(48)20(12(3)4)36(50)32(26)38(52)22-16(44)10-18(46)40(30(22)24)54-41(13-5-7-14(42)8-6-13)53-39-17(45)9-15(43)21(29(23)39)37(51)31(25)35(19)49/h5-12,41-50H,1-4H3. The Bertz CT molecular complexity index is 2940. The minimum absolute atomic E-state index is 0.0935. The lowest BCUT2D eigenvalue weighted by atomic mass is 9.79. The minimum atomic E-state index is -1.63. The Morgan fingerprint density at radius 1 is 0.444 bits per heavy atom. The van der Waals surface area contributed by atoms with E-state index in [-0.39, 0.29) is 65.5 Å². The van der Waals surface area contributed by atoms with E-state index in [0.29, 0.717) is 0 Å². The Hall–Kier alpha value is -7.02. The van der Waals surface area contributed by atoms with Crippen LogP contribution in [0, 0.1) is 0 Å². The van der Waals surface area contributed by atoms with Gasteiger partial charge in [0.1, 0.15) is 40.2 Å². The highest BCUT2D eigenvalue weighted by atomic mass is 16.7. The first-order valence-corrected chi connectivity index (χ1v) is 17.0. The van der Waals surface area contributed by atoms with Crippen molar-refractivity contribution in [2.24, 2.45) is 0 Å². The third-order valence-corrected chi connectivity index (χ3v) is 10.6. The number of rotatable bonds is 3. The largest absolute Gasteiger partial charge is 0.508 e. The molecule has 0 aromatic heterocycles. The number of phenols is 9. The molecule has 1 aliphatic heterocycles. The van der Waals surface area contributed by atoms with Gasteiger partial charge in [-0.05, 0) is 36.1 Å². The quantitative estimate of drug-likeness (QED) is 0.0643. The molecular weight excluding hydrogens is 700 g/mol. The highest BCUT2D eigenvalue weighted by Gasteiger charge is 2.37. The maximum absolute atomic E-state index is 14.8. The maximum Gasteiger partial charge on any atom is 0.268 e. The first kappa shape index (κ1) is 32.9. The van der Waals surface area contributed by atoms with Gasteiger partial charge in [-0.3, -0.25) is 9.59 Å². The van der Waals surface area contributed by atoms with Gasteiger partial charge in [0.2, 0.25) is 10.9 Å². The molecule has 272 valence electrons. The molecule has 8 aromatic carbocycles. The van der Waals surface area contributed by atoms with Crippen LogP contribution in [0.25, 0.3) is 64.6 Å². The van der Waals surface area contributed by atoms with Crippen molar-refractivity contribution in [1.29, 1.82) is 0 Å². The number of ether oxygens (including phenoxy) is 2. The van der Waals surface area contributed by atoms with Crippen molar-refractivity contribution in [3.8, 4) is 63.2 Å². The normalized spacial score (nSPS) is 13.4. The van der Waals surface area contributed by atoms with Crippen LogP contribution >= 0.6 is 0 Å². The summed E-state index contributed by atoms with van der Waals surface area (Å²) in [6.07, 6.45) is -1.63. The van der Waals surface area contributed by atoms with E-state index in [1.165, 1.54) is 24.3 Å². The predicted molar refractivity (Wildman–Crippen MR) is 200 cm³/mol. The molecule has 0 bridgehead atoms.